The lowest BCUT2D eigenvalue weighted by Gasteiger charge is -2.23. The van der Waals surface area contributed by atoms with Crippen molar-refractivity contribution in [3.63, 3.8) is 0 Å². The molecule has 2 rings (SSSR count). The number of hydrogen-bond donors (Lipinski definition) is 1. The third-order valence-corrected chi connectivity index (χ3v) is 3.86. The van der Waals surface area contributed by atoms with E-state index in [4.69, 9.17) is 4.74 Å². The molecule has 0 aliphatic rings. The number of carbonyl (C=O) groups is 1. The summed E-state index contributed by atoms with van der Waals surface area (Å²) in [6.45, 7) is 7.55. The van der Waals surface area contributed by atoms with E-state index < -0.39 is 0 Å². The summed E-state index contributed by atoms with van der Waals surface area (Å²) in [5.41, 5.74) is 2.34. The highest BCUT2D eigenvalue weighted by molar-refractivity contribution is 5.94. The number of carbonyl (C=O) groups excluding carboxylic acids is 1. The third-order valence-electron chi connectivity index (χ3n) is 3.86. The summed E-state index contributed by atoms with van der Waals surface area (Å²) in [5.74, 6) is 0.984. The van der Waals surface area contributed by atoms with E-state index in [1.165, 1.54) is 0 Å². The molecule has 4 nitrogen and oxygen atoms in total. The molecule has 4 heteroatoms. The zero-order chi connectivity index (χ0) is 17.5. The van der Waals surface area contributed by atoms with E-state index in [1.54, 1.807) is 23.1 Å². The highest BCUT2D eigenvalue weighted by atomic mass is 16.5. The summed E-state index contributed by atoms with van der Waals surface area (Å²) >= 11 is 0. The lowest BCUT2D eigenvalue weighted by molar-refractivity contribution is 0.0742. The number of phenolic OH excluding ortho intramolecular Hbond substituents is 1. The molecular formula is C20H25NO3. The maximum atomic E-state index is 12.9. The van der Waals surface area contributed by atoms with Crippen molar-refractivity contribution in [1.29, 1.82) is 0 Å². The molecule has 128 valence electrons. The second kappa shape index (κ2) is 8.39. The van der Waals surface area contributed by atoms with Gasteiger partial charge in [-0.1, -0.05) is 25.1 Å². The van der Waals surface area contributed by atoms with Crippen LogP contribution >= 0.6 is 0 Å². The molecule has 1 N–H and O–H groups in total. The highest BCUT2D eigenvalue weighted by Crippen LogP contribution is 2.22. The number of ether oxygens (including phenoxy) is 1. The molecule has 24 heavy (non-hydrogen) atoms. The molecule has 1 amide bonds. The van der Waals surface area contributed by atoms with Gasteiger partial charge in [0.05, 0.1) is 6.61 Å². The fraction of sp³-hybridized carbons (Fsp3) is 0.350. The molecule has 0 aliphatic carbocycles. The summed E-state index contributed by atoms with van der Waals surface area (Å²) in [6, 6.07) is 12.6. The van der Waals surface area contributed by atoms with Crippen LogP contribution in [-0.4, -0.2) is 29.1 Å². The zero-order valence-corrected chi connectivity index (χ0v) is 14.6. The summed E-state index contributed by atoms with van der Waals surface area (Å²) in [5, 5.41) is 9.97. The average Bonchev–Trinajstić information content (AvgIpc) is 2.57. The van der Waals surface area contributed by atoms with Crippen molar-refractivity contribution >= 4 is 5.91 Å². The van der Waals surface area contributed by atoms with Crippen LogP contribution in [0.25, 0.3) is 0 Å². The highest BCUT2D eigenvalue weighted by Gasteiger charge is 2.17. The molecule has 0 spiro atoms. The Morgan fingerprint density at radius 2 is 1.92 bits per heavy atom. The van der Waals surface area contributed by atoms with Crippen LogP contribution in [0.2, 0.25) is 0 Å². The lowest BCUT2D eigenvalue weighted by Crippen LogP contribution is -2.31. The van der Waals surface area contributed by atoms with Gasteiger partial charge in [-0.3, -0.25) is 4.79 Å². The summed E-state index contributed by atoms with van der Waals surface area (Å²) < 4.78 is 5.53. The van der Waals surface area contributed by atoms with Gasteiger partial charge in [0.25, 0.3) is 5.91 Å². The first kappa shape index (κ1) is 17.9. The number of aromatic hydroxyl groups is 1. The molecule has 0 heterocycles. The molecule has 0 radical (unpaired) electrons. The molecule has 0 saturated heterocycles. The topological polar surface area (TPSA) is 49.8 Å². The van der Waals surface area contributed by atoms with Crippen LogP contribution in [-0.2, 0) is 6.54 Å². The van der Waals surface area contributed by atoms with E-state index in [0.29, 0.717) is 25.3 Å². The second-order valence-electron chi connectivity index (χ2n) is 5.77. The van der Waals surface area contributed by atoms with E-state index >= 15 is 0 Å². The van der Waals surface area contributed by atoms with Crippen molar-refractivity contribution in [2.75, 3.05) is 13.2 Å². The number of rotatable bonds is 7. The fourth-order valence-electron chi connectivity index (χ4n) is 2.65. The molecule has 0 unspecified atom stereocenters. The minimum absolute atomic E-state index is 0.0359. The van der Waals surface area contributed by atoms with Crippen LogP contribution < -0.4 is 4.74 Å². The van der Waals surface area contributed by atoms with Crippen molar-refractivity contribution in [3.8, 4) is 11.5 Å². The van der Waals surface area contributed by atoms with E-state index in [1.807, 2.05) is 45.0 Å². The molecule has 2 aromatic carbocycles. The smallest absolute Gasteiger partial charge is 0.254 e. The van der Waals surface area contributed by atoms with Crippen molar-refractivity contribution in [1.82, 2.24) is 4.90 Å². The van der Waals surface area contributed by atoms with Gasteiger partial charge in [0.1, 0.15) is 11.5 Å². The summed E-state index contributed by atoms with van der Waals surface area (Å²) in [6.07, 6.45) is 0.856. The van der Waals surface area contributed by atoms with Crippen molar-refractivity contribution in [3.05, 3.63) is 59.2 Å². The van der Waals surface area contributed by atoms with Gasteiger partial charge in [0.15, 0.2) is 0 Å². The molecule has 0 saturated carbocycles. The summed E-state index contributed by atoms with van der Waals surface area (Å²) in [7, 11) is 0. The Morgan fingerprint density at radius 3 is 2.54 bits per heavy atom. The maximum Gasteiger partial charge on any atom is 0.254 e. The third kappa shape index (κ3) is 4.28. The molecule has 0 fully saturated rings. The predicted molar refractivity (Wildman–Crippen MR) is 95.5 cm³/mol. The maximum absolute atomic E-state index is 12.9. The van der Waals surface area contributed by atoms with Crippen LogP contribution in [0.4, 0.5) is 0 Å². The SMILES string of the molecule is CCCN(Cc1ccccc1O)C(=O)c1ccc(OCC)c(C)c1. The number of aryl methyl sites for hydroxylation is 1. The second-order valence-corrected chi connectivity index (χ2v) is 5.77. The van der Waals surface area contributed by atoms with Crippen LogP contribution in [0.1, 0.15) is 41.8 Å². The molecule has 0 aliphatic heterocycles. The van der Waals surface area contributed by atoms with Gasteiger partial charge < -0.3 is 14.7 Å². The van der Waals surface area contributed by atoms with Gasteiger partial charge in [0.2, 0.25) is 0 Å². The van der Waals surface area contributed by atoms with Gasteiger partial charge in [0, 0.05) is 24.2 Å². The lowest BCUT2D eigenvalue weighted by atomic mass is 10.1. The van der Waals surface area contributed by atoms with E-state index in [2.05, 4.69) is 0 Å². The van der Waals surface area contributed by atoms with Gasteiger partial charge >= 0.3 is 0 Å². The molecule has 2 aromatic rings. The summed E-state index contributed by atoms with van der Waals surface area (Å²) in [4.78, 5) is 14.6. The van der Waals surface area contributed by atoms with E-state index in [-0.39, 0.29) is 11.7 Å². The molecule has 0 atom stereocenters. The average molecular weight is 327 g/mol. The van der Waals surface area contributed by atoms with Crippen molar-refractivity contribution in [2.45, 2.75) is 33.7 Å². The van der Waals surface area contributed by atoms with Gasteiger partial charge in [-0.05, 0) is 50.1 Å². The first-order chi connectivity index (χ1) is 11.6. The van der Waals surface area contributed by atoms with E-state index in [0.717, 1.165) is 23.3 Å². The first-order valence-electron chi connectivity index (χ1n) is 8.36. The number of para-hydroxylation sites is 1. The molecular weight excluding hydrogens is 302 g/mol. The Hall–Kier alpha value is -2.49. The largest absolute Gasteiger partial charge is 0.508 e. The number of hydrogen-bond acceptors (Lipinski definition) is 3. The minimum Gasteiger partial charge on any atom is -0.508 e. The fourth-order valence-corrected chi connectivity index (χ4v) is 2.65. The molecule has 0 aromatic heterocycles. The number of benzene rings is 2. The van der Waals surface area contributed by atoms with Gasteiger partial charge in [-0.25, -0.2) is 0 Å². The van der Waals surface area contributed by atoms with Crippen LogP contribution in [0.15, 0.2) is 42.5 Å². The van der Waals surface area contributed by atoms with Gasteiger partial charge in [-0.15, -0.1) is 0 Å². The monoisotopic (exact) mass is 327 g/mol. The quantitative estimate of drug-likeness (QED) is 0.831. The van der Waals surface area contributed by atoms with Crippen LogP contribution in [0.5, 0.6) is 11.5 Å². The Bertz CT molecular complexity index is 697. The Balaban J connectivity index is 2.22. The number of amides is 1. The first-order valence-corrected chi connectivity index (χ1v) is 8.36. The van der Waals surface area contributed by atoms with Crippen LogP contribution in [0, 0.1) is 6.92 Å². The Labute approximate surface area is 143 Å². The number of nitrogens with zero attached hydrogens (tertiary/aromatic N) is 1. The van der Waals surface area contributed by atoms with Gasteiger partial charge in [-0.2, -0.15) is 0 Å². The predicted octanol–water partition coefficient (Wildman–Crippen LogP) is 4.15. The Kier molecular flexibility index (Phi) is 6.24. The van der Waals surface area contributed by atoms with Crippen LogP contribution in [0.3, 0.4) is 0 Å². The van der Waals surface area contributed by atoms with E-state index in [9.17, 15) is 9.90 Å². The number of phenols is 1. The van der Waals surface area contributed by atoms with Crippen molar-refractivity contribution in [2.24, 2.45) is 0 Å². The standard InChI is InChI=1S/C20H25NO3/c1-4-12-21(14-17-8-6-7-9-18(17)22)20(23)16-10-11-19(24-5-2)15(3)13-16/h6-11,13,22H,4-5,12,14H2,1-3H3. The normalized spacial score (nSPS) is 10.5. The zero-order valence-electron chi connectivity index (χ0n) is 14.6. The van der Waals surface area contributed by atoms with Crippen molar-refractivity contribution < 1.29 is 14.6 Å². The Morgan fingerprint density at radius 1 is 1.17 bits per heavy atom. The molecule has 0 bridgehead atoms. The minimum atomic E-state index is -0.0359.